The molecule has 3 heterocycles. The first-order chi connectivity index (χ1) is 11.1. The molecule has 2 aromatic heterocycles. The van der Waals surface area contributed by atoms with E-state index >= 15 is 0 Å². The SMILES string of the molecule is Cn1cc([C@@H]2CSCCN2C(=O)NCCc2ccnn2C)cn1. The first kappa shape index (κ1) is 15.9. The Balaban J connectivity index is 1.59. The maximum Gasteiger partial charge on any atom is 0.317 e. The maximum atomic E-state index is 12.6. The molecule has 1 saturated heterocycles. The highest BCUT2D eigenvalue weighted by atomic mass is 32.2. The van der Waals surface area contributed by atoms with Crippen molar-refractivity contribution in [2.24, 2.45) is 14.1 Å². The van der Waals surface area contributed by atoms with Gasteiger partial charge in [-0.3, -0.25) is 9.36 Å². The molecule has 3 rings (SSSR count). The standard InChI is InChI=1S/C15H22N6OS/c1-19-10-12(9-18-19)14-11-23-8-7-21(14)15(22)16-5-3-13-4-6-17-20(13)2/h4,6,9-10,14H,3,5,7-8,11H2,1-2H3,(H,16,22)/t14-/m0/s1. The third-order valence-corrected chi connectivity index (χ3v) is 5.10. The highest BCUT2D eigenvalue weighted by molar-refractivity contribution is 7.99. The van der Waals surface area contributed by atoms with Crippen LogP contribution in [0.3, 0.4) is 0 Å². The molecule has 0 unspecified atom stereocenters. The van der Waals surface area contributed by atoms with Crippen molar-refractivity contribution in [3.8, 4) is 0 Å². The normalized spacial score (nSPS) is 18.2. The van der Waals surface area contributed by atoms with Gasteiger partial charge in [0.25, 0.3) is 0 Å². The van der Waals surface area contributed by atoms with Crippen LogP contribution in [0.5, 0.6) is 0 Å². The zero-order chi connectivity index (χ0) is 16.2. The fourth-order valence-corrected chi connectivity index (χ4v) is 3.87. The Kier molecular flexibility index (Phi) is 4.90. The predicted octanol–water partition coefficient (Wildman–Crippen LogP) is 1.20. The van der Waals surface area contributed by atoms with Gasteiger partial charge in [0.2, 0.25) is 0 Å². The molecule has 0 saturated carbocycles. The molecular weight excluding hydrogens is 312 g/mol. The number of thioether (sulfide) groups is 1. The molecular formula is C15H22N6OS. The van der Waals surface area contributed by atoms with Gasteiger partial charge in [0.15, 0.2) is 0 Å². The number of hydrogen-bond acceptors (Lipinski definition) is 4. The van der Waals surface area contributed by atoms with E-state index in [2.05, 4.69) is 15.5 Å². The summed E-state index contributed by atoms with van der Waals surface area (Å²) >= 11 is 1.88. The van der Waals surface area contributed by atoms with Gasteiger partial charge >= 0.3 is 6.03 Å². The third-order valence-electron chi connectivity index (χ3n) is 4.08. The molecule has 1 aliphatic heterocycles. The zero-order valence-corrected chi connectivity index (χ0v) is 14.3. The molecule has 1 atom stereocenters. The van der Waals surface area contributed by atoms with E-state index in [1.54, 1.807) is 10.9 Å². The van der Waals surface area contributed by atoms with Gasteiger partial charge in [-0.1, -0.05) is 0 Å². The van der Waals surface area contributed by atoms with Crippen molar-refractivity contribution in [1.82, 2.24) is 29.8 Å². The molecule has 23 heavy (non-hydrogen) atoms. The molecule has 0 radical (unpaired) electrons. The first-order valence-corrected chi connectivity index (χ1v) is 8.88. The smallest absolute Gasteiger partial charge is 0.317 e. The molecule has 0 aromatic carbocycles. The zero-order valence-electron chi connectivity index (χ0n) is 13.5. The molecule has 1 fully saturated rings. The van der Waals surface area contributed by atoms with Gasteiger partial charge in [-0.05, 0) is 6.07 Å². The highest BCUT2D eigenvalue weighted by Gasteiger charge is 2.29. The van der Waals surface area contributed by atoms with Crippen LogP contribution in [0.1, 0.15) is 17.3 Å². The lowest BCUT2D eigenvalue weighted by Crippen LogP contribution is -2.46. The van der Waals surface area contributed by atoms with Crippen molar-refractivity contribution < 1.29 is 4.79 Å². The van der Waals surface area contributed by atoms with E-state index in [-0.39, 0.29) is 12.1 Å². The quantitative estimate of drug-likeness (QED) is 0.912. The number of amides is 2. The van der Waals surface area contributed by atoms with Crippen LogP contribution < -0.4 is 5.32 Å². The Hall–Kier alpha value is -1.96. The van der Waals surface area contributed by atoms with E-state index in [1.807, 2.05) is 53.9 Å². The second-order valence-electron chi connectivity index (χ2n) is 5.66. The van der Waals surface area contributed by atoms with Crippen molar-refractivity contribution in [3.63, 3.8) is 0 Å². The van der Waals surface area contributed by atoms with Gasteiger partial charge < -0.3 is 10.2 Å². The minimum Gasteiger partial charge on any atom is -0.338 e. The van der Waals surface area contributed by atoms with E-state index in [1.165, 1.54) is 0 Å². The van der Waals surface area contributed by atoms with Crippen LogP contribution in [0.2, 0.25) is 0 Å². The summed E-state index contributed by atoms with van der Waals surface area (Å²) in [7, 11) is 3.81. The molecule has 0 spiro atoms. The number of aryl methyl sites for hydroxylation is 2. The van der Waals surface area contributed by atoms with E-state index < -0.39 is 0 Å². The number of nitrogens with one attached hydrogen (secondary N) is 1. The summed E-state index contributed by atoms with van der Waals surface area (Å²) < 4.78 is 3.62. The van der Waals surface area contributed by atoms with Crippen molar-refractivity contribution in [2.45, 2.75) is 12.5 Å². The molecule has 2 amide bonds. The fourth-order valence-electron chi connectivity index (χ4n) is 2.78. The second kappa shape index (κ2) is 7.08. The average Bonchev–Trinajstić information content (AvgIpc) is 3.16. The number of hydrogen-bond donors (Lipinski definition) is 1. The van der Waals surface area contributed by atoms with Crippen LogP contribution >= 0.6 is 11.8 Å². The summed E-state index contributed by atoms with van der Waals surface area (Å²) in [5, 5.41) is 11.4. The minimum absolute atomic E-state index is 0.00122. The molecule has 124 valence electrons. The van der Waals surface area contributed by atoms with Crippen molar-refractivity contribution in [1.29, 1.82) is 0 Å². The van der Waals surface area contributed by atoms with Crippen molar-refractivity contribution in [3.05, 3.63) is 35.9 Å². The van der Waals surface area contributed by atoms with Gasteiger partial charge in [-0.2, -0.15) is 22.0 Å². The Morgan fingerprint density at radius 3 is 3.00 bits per heavy atom. The number of carbonyl (C=O) groups is 1. The number of nitrogens with zero attached hydrogens (tertiary/aromatic N) is 5. The van der Waals surface area contributed by atoms with Gasteiger partial charge in [0, 0.05) is 68.8 Å². The Labute approximate surface area is 140 Å². The van der Waals surface area contributed by atoms with Crippen LogP contribution in [-0.2, 0) is 20.5 Å². The van der Waals surface area contributed by atoms with E-state index in [0.717, 1.165) is 35.7 Å². The summed E-state index contributed by atoms with van der Waals surface area (Å²) in [5.41, 5.74) is 2.21. The van der Waals surface area contributed by atoms with Gasteiger partial charge in [0.1, 0.15) is 0 Å². The molecule has 0 bridgehead atoms. The summed E-state index contributed by atoms with van der Waals surface area (Å²) in [5.74, 6) is 1.90. The predicted molar refractivity (Wildman–Crippen MR) is 90.3 cm³/mol. The van der Waals surface area contributed by atoms with Crippen LogP contribution in [0, 0.1) is 0 Å². The Morgan fingerprint density at radius 2 is 2.30 bits per heavy atom. The van der Waals surface area contributed by atoms with Gasteiger partial charge in [0.05, 0.1) is 12.2 Å². The largest absolute Gasteiger partial charge is 0.338 e. The minimum atomic E-state index is 0.00122. The number of urea groups is 1. The monoisotopic (exact) mass is 334 g/mol. The fraction of sp³-hybridized carbons (Fsp3) is 0.533. The van der Waals surface area contributed by atoms with Crippen LogP contribution in [0.25, 0.3) is 0 Å². The van der Waals surface area contributed by atoms with Crippen molar-refractivity contribution in [2.75, 3.05) is 24.6 Å². The number of rotatable bonds is 4. The van der Waals surface area contributed by atoms with E-state index in [0.29, 0.717) is 6.54 Å². The molecule has 2 aromatic rings. The Morgan fingerprint density at radius 1 is 1.43 bits per heavy atom. The molecule has 7 nitrogen and oxygen atoms in total. The lowest BCUT2D eigenvalue weighted by atomic mass is 10.1. The lowest BCUT2D eigenvalue weighted by Gasteiger charge is -2.34. The first-order valence-electron chi connectivity index (χ1n) is 7.73. The number of carbonyl (C=O) groups excluding carboxylic acids is 1. The second-order valence-corrected chi connectivity index (χ2v) is 6.81. The topological polar surface area (TPSA) is 68.0 Å². The average molecular weight is 334 g/mol. The van der Waals surface area contributed by atoms with Gasteiger partial charge in [-0.15, -0.1) is 0 Å². The van der Waals surface area contributed by atoms with E-state index in [9.17, 15) is 4.79 Å². The summed E-state index contributed by atoms with van der Waals surface area (Å²) in [6.45, 7) is 1.38. The third kappa shape index (κ3) is 3.69. The Bertz CT molecular complexity index is 666. The van der Waals surface area contributed by atoms with E-state index in [4.69, 9.17) is 0 Å². The molecule has 1 N–H and O–H groups in total. The molecule has 8 heteroatoms. The summed E-state index contributed by atoms with van der Waals surface area (Å²) in [6, 6.07) is 2.07. The molecule has 1 aliphatic rings. The number of aromatic nitrogens is 4. The highest BCUT2D eigenvalue weighted by Crippen LogP contribution is 2.29. The summed E-state index contributed by atoms with van der Waals surface area (Å²) in [6.07, 6.45) is 6.40. The summed E-state index contributed by atoms with van der Waals surface area (Å²) in [4.78, 5) is 14.5. The molecule has 0 aliphatic carbocycles. The van der Waals surface area contributed by atoms with Crippen LogP contribution in [-0.4, -0.2) is 55.1 Å². The van der Waals surface area contributed by atoms with Crippen LogP contribution in [0.4, 0.5) is 4.79 Å². The lowest BCUT2D eigenvalue weighted by molar-refractivity contribution is 0.182. The van der Waals surface area contributed by atoms with Crippen molar-refractivity contribution >= 4 is 17.8 Å². The van der Waals surface area contributed by atoms with Gasteiger partial charge in [-0.25, -0.2) is 4.79 Å². The maximum absolute atomic E-state index is 12.6. The van der Waals surface area contributed by atoms with Crippen LogP contribution in [0.15, 0.2) is 24.7 Å².